The summed E-state index contributed by atoms with van der Waals surface area (Å²) in [6.07, 6.45) is -4.47. The predicted molar refractivity (Wildman–Crippen MR) is 82.0 cm³/mol. The summed E-state index contributed by atoms with van der Waals surface area (Å²) in [7, 11) is -3.74. The zero-order valence-corrected chi connectivity index (χ0v) is 14.1. The van der Waals surface area contributed by atoms with E-state index < -0.39 is 21.8 Å². The van der Waals surface area contributed by atoms with E-state index in [-0.39, 0.29) is 22.9 Å². The van der Waals surface area contributed by atoms with Gasteiger partial charge in [-0.05, 0) is 55.6 Å². The van der Waals surface area contributed by atoms with E-state index in [1.165, 1.54) is 11.2 Å². The largest absolute Gasteiger partial charge is 0.416 e. The molecule has 0 unspecified atom stereocenters. The van der Waals surface area contributed by atoms with E-state index in [1.807, 2.05) is 0 Å². The first-order valence-corrected chi connectivity index (χ1v) is 8.52. The summed E-state index contributed by atoms with van der Waals surface area (Å²) < 4.78 is 64.8. The number of nitrogens with zero attached hydrogens (tertiary/aromatic N) is 1. The molecule has 1 aromatic rings. The van der Waals surface area contributed by atoms with Gasteiger partial charge in [-0.15, -0.1) is 12.4 Å². The first-order valence-electron chi connectivity index (χ1n) is 7.08. The predicted octanol–water partition coefficient (Wildman–Crippen LogP) is 2.28. The van der Waals surface area contributed by atoms with Crippen LogP contribution >= 0.6 is 12.4 Å². The third-order valence-electron chi connectivity index (χ3n) is 4.48. The molecule has 2 heterocycles. The molecule has 3 rings (SSSR count). The highest BCUT2D eigenvalue weighted by molar-refractivity contribution is 7.89. The van der Waals surface area contributed by atoms with E-state index >= 15 is 0 Å². The Bertz CT molecular complexity index is 682. The molecule has 9 heteroatoms. The highest BCUT2D eigenvalue weighted by atomic mass is 35.5. The SMILES string of the molecule is Cc1cc(C(F)(F)F)ccc1S(=O)(=O)N1C[C@H]2CNC[C@H]2C1.Cl. The van der Waals surface area contributed by atoms with Crippen LogP contribution in [0.1, 0.15) is 11.1 Å². The number of rotatable bonds is 2. The van der Waals surface area contributed by atoms with Gasteiger partial charge in [-0.2, -0.15) is 17.5 Å². The Labute approximate surface area is 139 Å². The molecule has 0 radical (unpaired) electrons. The monoisotopic (exact) mass is 370 g/mol. The van der Waals surface area contributed by atoms with E-state index in [1.54, 1.807) is 0 Å². The topological polar surface area (TPSA) is 49.4 Å². The molecule has 23 heavy (non-hydrogen) atoms. The van der Waals surface area contributed by atoms with Crippen molar-refractivity contribution in [3.05, 3.63) is 29.3 Å². The van der Waals surface area contributed by atoms with Crippen LogP contribution in [0.5, 0.6) is 0 Å². The van der Waals surface area contributed by atoms with Crippen LogP contribution in [0.3, 0.4) is 0 Å². The van der Waals surface area contributed by atoms with E-state index in [4.69, 9.17) is 0 Å². The number of halogens is 4. The van der Waals surface area contributed by atoms with Gasteiger partial charge in [0.2, 0.25) is 10.0 Å². The van der Waals surface area contributed by atoms with E-state index in [0.717, 1.165) is 31.3 Å². The zero-order chi connectivity index (χ0) is 16.1. The lowest BCUT2D eigenvalue weighted by atomic mass is 10.0. The number of sulfonamides is 1. The molecule has 2 aliphatic rings. The van der Waals surface area contributed by atoms with E-state index in [0.29, 0.717) is 24.9 Å². The number of hydrogen-bond donors (Lipinski definition) is 1. The Balaban J connectivity index is 0.00000192. The Morgan fingerprint density at radius 3 is 2.22 bits per heavy atom. The quantitative estimate of drug-likeness (QED) is 0.869. The maximum absolute atomic E-state index is 12.7. The molecule has 0 spiro atoms. The van der Waals surface area contributed by atoms with Crippen LogP contribution < -0.4 is 5.32 Å². The number of aryl methyl sites for hydroxylation is 1. The summed E-state index contributed by atoms with van der Waals surface area (Å²) in [6, 6.07) is 2.80. The Hall–Kier alpha value is -0.830. The maximum Gasteiger partial charge on any atom is 0.416 e. The number of nitrogens with one attached hydrogen (secondary N) is 1. The number of benzene rings is 1. The molecule has 130 valence electrons. The van der Waals surface area contributed by atoms with Gasteiger partial charge < -0.3 is 5.32 Å². The van der Waals surface area contributed by atoms with Crippen molar-refractivity contribution in [1.29, 1.82) is 0 Å². The Kier molecular flexibility index (Phi) is 5.02. The van der Waals surface area contributed by atoms with Crippen LogP contribution in [0.25, 0.3) is 0 Å². The highest BCUT2D eigenvalue weighted by Gasteiger charge is 2.42. The molecular weight excluding hydrogens is 353 g/mol. The summed E-state index contributed by atoms with van der Waals surface area (Å²) >= 11 is 0. The smallest absolute Gasteiger partial charge is 0.316 e. The third kappa shape index (κ3) is 3.35. The van der Waals surface area contributed by atoms with Gasteiger partial charge in [0, 0.05) is 13.1 Å². The van der Waals surface area contributed by atoms with Crippen molar-refractivity contribution >= 4 is 22.4 Å². The minimum atomic E-state index is -4.47. The van der Waals surface area contributed by atoms with Gasteiger partial charge in [-0.3, -0.25) is 0 Å². The lowest BCUT2D eigenvalue weighted by molar-refractivity contribution is -0.137. The zero-order valence-electron chi connectivity index (χ0n) is 12.4. The normalized spacial score (nSPS) is 25.2. The third-order valence-corrected chi connectivity index (χ3v) is 6.47. The molecule has 2 atom stereocenters. The van der Waals surface area contributed by atoms with Gasteiger partial charge in [0.25, 0.3) is 0 Å². The summed E-state index contributed by atoms with van der Waals surface area (Å²) in [5.74, 6) is 0.592. The van der Waals surface area contributed by atoms with Crippen LogP contribution in [0.2, 0.25) is 0 Å². The van der Waals surface area contributed by atoms with E-state index in [2.05, 4.69) is 5.32 Å². The first-order chi connectivity index (χ1) is 10.2. The molecule has 0 aromatic heterocycles. The van der Waals surface area contributed by atoms with Crippen molar-refractivity contribution in [1.82, 2.24) is 9.62 Å². The van der Waals surface area contributed by atoms with Crippen LogP contribution in [0.4, 0.5) is 13.2 Å². The maximum atomic E-state index is 12.7. The molecule has 2 aliphatic heterocycles. The molecular formula is C14H18ClF3N2O2S. The first kappa shape index (κ1) is 18.5. The van der Waals surface area contributed by atoms with Gasteiger partial charge in [-0.1, -0.05) is 0 Å². The van der Waals surface area contributed by atoms with Crippen LogP contribution in [-0.2, 0) is 16.2 Å². The average Bonchev–Trinajstić information content (AvgIpc) is 2.97. The Morgan fingerprint density at radius 1 is 1.17 bits per heavy atom. The summed E-state index contributed by atoms with van der Waals surface area (Å²) in [4.78, 5) is -0.0339. The minimum Gasteiger partial charge on any atom is -0.316 e. The second-order valence-electron chi connectivity index (χ2n) is 5.98. The van der Waals surface area contributed by atoms with Crippen molar-refractivity contribution in [2.24, 2.45) is 11.8 Å². The molecule has 0 saturated carbocycles. The molecule has 0 amide bonds. The second kappa shape index (κ2) is 6.23. The number of hydrogen-bond acceptors (Lipinski definition) is 3. The van der Waals surface area contributed by atoms with Crippen LogP contribution in [0, 0.1) is 18.8 Å². The standard InChI is InChI=1S/C14H17F3N2O2S.ClH/c1-9-4-12(14(15,16)17)2-3-13(9)22(20,21)19-7-10-5-18-6-11(10)8-19;/h2-4,10-11,18H,5-8H2,1H3;1H/t10-,11+;. The van der Waals surface area contributed by atoms with E-state index in [9.17, 15) is 21.6 Å². The molecule has 1 N–H and O–H groups in total. The lowest BCUT2D eigenvalue weighted by Gasteiger charge is -2.19. The van der Waals surface area contributed by atoms with Gasteiger partial charge in [-0.25, -0.2) is 8.42 Å². The Morgan fingerprint density at radius 2 is 1.74 bits per heavy atom. The van der Waals surface area contributed by atoms with Gasteiger partial charge in [0.05, 0.1) is 10.5 Å². The molecule has 2 fully saturated rings. The van der Waals surface area contributed by atoms with Gasteiger partial charge in [0.15, 0.2) is 0 Å². The van der Waals surface area contributed by atoms with Crippen molar-refractivity contribution in [2.45, 2.75) is 18.0 Å². The number of alkyl halides is 3. The fraction of sp³-hybridized carbons (Fsp3) is 0.571. The minimum absolute atomic E-state index is 0. The molecule has 0 aliphatic carbocycles. The van der Waals surface area contributed by atoms with Crippen LogP contribution in [0.15, 0.2) is 23.1 Å². The number of fused-ring (bicyclic) bond motifs is 1. The summed E-state index contributed by atoms with van der Waals surface area (Å²) in [5.41, 5.74) is -0.698. The lowest BCUT2D eigenvalue weighted by Crippen LogP contribution is -2.32. The molecule has 0 bridgehead atoms. The van der Waals surface area contributed by atoms with Crippen molar-refractivity contribution in [3.63, 3.8) is 0 Å². The average molecular weight is 371 g/mol. The fourth-order valence-electron chi connectivity index (χ4n) is 3.26. The van der Waals surface area contributed by atoms with Gasteiger partial charge in [0.1, 0.15) is 0 Å². The van der Waals surface area contributed by atoms with Crippen molar-refractivity contribution in [3.8, 4) is 0 Å². The second-order valence-corrected chi connectivity index (χ2v) is 7.88. The molecule has 1 aromatic carbocycles. The summed E-state index contributed by atoms with van der Waals surface area (Å²) in [5, 5.41) is 3.23. The highest BCUT2D eigenvalue weighted by Crippen LogP contribution is 2.34. The molecule has 4 nitrogen and oxygen atoms in total. The van der Waals surface area contributed by atoms with Gasteiger partial charge >= 0.3 is 6.18 Å². The van der Waals surface area contributed by atoms with Crippen molar-refractivity contribution < 1.29 is 21.6 Å². The van der Waals surface area contributed by atoms with Crippen molar-refractivity contribution in [2.75, 3.05) is 26.2 Å². The van der Waals surface area contributed by atoms with Crippen LogP contribution in [-0.4, -0.2) is 38.9 Å². The molecule has 2 saturated heterocycles. The fourth-order valence-corrected chi connectivity index (χ4v) is 5.02. The summed E-state index contributed by atoms with van der Waals surface area (Å²) in [6.45, 7) is 3.85.